The topological polar surface area (TPSA) is 67.9 Å². The number of amides is 2. The van der Waals surface area contributed by atoms with E-state index in [9.17, 15) is 9.59 Å². The highest BCUT2D eigenvalue weighted by molar-refractivity contribution is 6.30. The van der Waals surface area contributed by atoms with Crippen LogP contribution >= 0.6 is 11.6 Å². The summed E-state index contributed by atoms with van der Waals surface area (Å²) in [5.41, 5.74) is 0.801. The first-order valence-electron chi connectivity index (χ1n) is 10.4. The summed E-state index contributed by atoms with van der Waals surface area (Å²) in [6.45, 7) is 3.81. The lowest BCUT2D eigenvalue weighted by Gasteiger charge is -2.44. The van der Waals surface area contributed by atoms with Gasteiger partial charge in [0, 0.05) is 24.8 Å². The Kier molecular flexibility index (Phi) is 7.95. The van der Waals surface area contributed by atoms with E-state index in [4.69, 9.17) is 21.1 Å². The van der Waals surface area contributed by atoms with Gasteiger partial charge in [0.15, 0.2) is 5.76 Å². The van der Waals surface area contributed by atoms with Crippen molar-refractivity contribution in [2.45, 2.75) is 51.2 Å². The molecule has 1 saturated heterocycles. The second-order valence-electron chi connectivity index (χ2n) is 7.41. The molecule has 0 bridgehead atoms. The van der Waals surface area contributed by atoms with E-state index >= 15 is 0 Å². The molecule has 6 nitrogen and oxygen atoms in total. The maximum Gasteiger partial charge on any atom is 0.289 e. The maximum atomic E-state index is 13.1. The summed E-state index contributed by atoms with van der Waals surface area (Å²) < 4.78 is 11.3. The highest BCUT2D eigenvalue weighted by Crippen LogP contribution is 2.33. The lowest BCUT2D eigenvalue weighted by atomic mass is 9.89. The van der Waals surface area contributed by atoms with Crippen molar-refractivity contribution in [2.24, 2.45) is 0 Å². The van der Waals surface area contributed by atoms with Crippen molar-refractivity contribution >= 4 is 29.5 Å². The standard InChI is InChI=1S/C22H29ClN2O4/c1-2-28-12-6-11-24-21(26)15-25-18-9-3-4-10-19(18)29-20(22(25)27)14-16-7-5-8-17(23)13-16/h5,7-8,13-14,18-19H,2-4,6,9-12,15H2,1H3,(H,24,26)/b20-14+. The van der Waals surface area contributed by atoms with Crippen LogP contribution in [0.3, 0.4) is 0 Å². The molecule has 1 aliphatic carbocycles. The van der Waals surface area contributed by atoms with Gasteiger partial charge < -0.3 is 19.7 Å². The Balaban J connectivity index is 1.69. The second-order valence-corrected chi connectivity index (χ2v) is 7.84. The second kappa shape index (κ2) is 10.6. The van der Waals surface area contributed by atoms with Gasteiger partial charge in [-0.05, 0) is 56.4 Å². The number of carbonyl (C=O) groups excluding carboxylic acids is 2. The van der Waals surface area contributed by atoms with Crippen LogP contribution in [0.1, 0.15) is 44.6 Å². The van der Waals surface area contributed by atoms with E-state index in [1.807, 2.05) is 19.1 Å². The number of carbonyl (C=O) groups is 2. The first-order valence-corrected chi connectivity index (χ1v) is 10.8. The summed E-state index contributed by atoms with van der Waals surface area (Å²) in [7, 11) is 0. The van der Waals surface area contributed by atoms with Crippen LogP contribution in [-0.2, 0) is 19.1 Å². The molecule has 29 heavy (non-hydrogen) atoms. The van der Waals surface area contributed by atoms with E-state index in [1.54, 1.807) is 23.1 Å². The molecule has 158 valence electrons. The molecule has 0 aromatic heterocycles. The summed E-state index contributed by atoms with van der Waals surface area (Å²) in [5, 5.41) is 3.48. The van der Waals surface area contributed by atoms with Crippen LogP contribution in [-0.4, -0.2) is 55.2 Å². The number of hydrogen-bond acceptors (Lipinski definition) is 4. The number of halogens is 1. The lowest BCUT2D eigenvalue weighted by molar-refractivity contribution is -0.151. The fraction of sp³-hybridized carbons (Fsp3) is 0.545. The molecule has 2 aliphatic rings. The van der Waals surface area contributed by atoms with Crippen LogP contribution in [0.5, 0.6) is 0 Å². The molecule has 2 amide bonds. The van der Waals surface area contributed by atoms with Gasteiger partial charge in [-0.2, -0.15) is 0 Å². The van der Waals surface area contributed by atoms with Crippen molar-refractivity contribution in [3.63, 3.8) is 0 Å². The predicted octanol–water partition coefficient (Wildman–Crippen LogP) is 3.39. The number of morpholine rings is 1. The van der Waals surface area contributed by atoms with Gasteiger partial charge in [-0.1, -0.05) is 30.2 Å². The van der Waals surface area contributed by atoms with Crippen LogP contribution < -0.4 is 5.32 Å². The third-order valence-electron chi connectivity index (χ3n) is 5.27. The van der Waals surface area contributed by atoms with Gasteiger partial charge in [0.25, 0.3) is 5.91 Å². The van der Waals surface area contributed by atoms with Gasteiger partial charge in [0.1, 0.15) is 12.6 Å². The average molecular weight is 421 g/mol. The Morgan fingerprint density at radius 2 is 2.21 bits per heavy atom. The highest BCUT2D eigenvalue weighted by Gasteiger charge is 2.42. The molecular weight excluding hydrogens is 392 g/mol. The minimum atomic E-state index is -0.238. The zero-order valence-electron chi connectivity index (χ0n) is 16.9. The van der Waals surface area contributed by atoms with Crippen molar-refractivity contribution in [1.29, 1.82) is 0 Å². The molecule has 0 radical (unpaired) electrons. The first-order chi connectivity index (χ1) is 14.1. The Hall–Kier alpha value is -2.05. The number of hydrogen-bond donors (Lipinski definition) is 1. The molecule has 2 unspecified atom stereocenters. The minimum Gasteiger partial charge on any atom is -0.482 e. The largest absolute Gasteiger partial charge is 0.482 e. The average Bonchev–Trinajstić information content (AvgIpc) is 2.71. The molecule has 2 fully saturated rings. The van der Waals surface area contributed by atoms with Crippen molar-refractivity contribution < 1.29 is 19.1 Å². The summed E-state index contributed by atoms with van der Waals surface area (Å²) in [6.07, 6.45) is 6.25. The number of benzene rings is 1. The van der Waals surface area contributed by atoms with Crippen molar-refractivity contribution in [3.8, 4) is 0 Å². The molecule has 1 aromatic rings. The summed E-state index contributed by atoms with van der Waals surface area (Å²) in [5.74, 6) is -0.111. The molecule has 3 rings (SSSR count). The molecule has 1 aromatic carbocycles. The highest BCUT2D eigenvalue weighted by atomic mass is 35.5. The SMILES string of the molecule is CCOCCCNC(=O)CN1C(=O)/C(=C\c2cccc(Cl)c2)OC2CCCCC21. The monoisotopic (exact) mass is 420 g/mol. The summed E-state index contributed by atoms with van der Waals surface area (Å²) in [4.78, 5) is 27.3. The van der Waals surface area contributed by atoms with E-state index in [1.165, 1.54) is 0 Å². The van der Waals surface area contributed by atoms with Crippen LogP contribution in [0.4, 0.5) is 0 Å². The van der Waals surface area contributed by atoms with Crippen molar-refractivity contribution in [1.82, 2.24) is 10.2 Å². The summed E-state index contributed by atoms with van der Waals surface area (Å²) >= 11 is 6.06. The molecule has 2 atom stereocenters. The third-order valence-corrected chi connectivity index (χ3v) is 5.51. The van der Waals surface area contributed by atoms with Crippen LogP contribution in [0.15, 0.2) is 30.0 Å². The van der Waals surface area contributed by atoms with Crippen LogP contribution in [0.2, 0.25) is 5.02 Å². The zero-order valence-corrected chi connectivity index (χ0v) is 17.6. The van der Waals surface area contributed by atoms with Gasteiger partial charge >= 0.3 is 0 Å². The summed E-state index contributed by atoms with van der Waals surface area (Å²) in [6, 6.07) is 7.22. The van der Waals surface area contributed by atoms with Gasteiger partial charge in [-0.15, -0.1) is 0 Å². The number of fused-ring (bicyclic) bond motifs is 1. The Labute approximate surface area is 177 Å². The molecule has 1 heterocycles. The van der Waals surface area contributed by atoms with Crippen molar-refractivity contribution in [2.75, 3.05) is 26.3 Å². The fourth-order valence-corrected chi connectivity index (χ4v) is 4.07. The number of rotatable bonds is 8. The minimum absolute atomic E-state index is 0.0465. The first kappa shape index (κ1) is 21.7. The third kappa shape index (κ3) is 5.97. The van der Waals surface area contributed by atoms with Crippen molar-refractivity contribution in [3.05, 3.63) is 40.6 Å². The molecule has 1 aliphatic heterocycles. The molecule has 7 heteroatoms. The number of nitrogens with zero attached hydrogens (tertiary/aromatic N) is 1. The zero-order chi connectivity index (χ0) is 20.6. The quantitative estimate of drug-likeness (QED) is 0.517. The number of ether oxygens (including phenoxy) is 2. The molecule has 0 spiro atoms. The van der Waals surface area contributed by atoms with Gasteiger partial charge in [0.05, 0.1) is 6.04 Å². The van der Waals surface area contributed by atoms with E-state index in [-0.39, 0.29) is 36.3 Å². The lowest BCUT2D eigenvalue weighted by Crippen LogP contribution is -2.57. The Morgan fingerprint density at radius 1 is 1.38 bits per heavy atom. The van der Waals surface area contributed by atoms with Gasteiger partial charge in [0.2, 0.25) is 5.91 Å². The normalized spacial score (nSPS) is 22.9. The Morgan fingerprint density at radius 3 is 3.00 bits per heavy atom. The van der Waals surface area contributed by atoms with Crippen LogP contribution in [0, 0.1) is 0 Å². The van der Waals surface area contributed by atoms with Gasteiger partial charge in [-0.3, -0.25) is 9.59 Å². The molecule has 1 N–H and O–H groups in total. The van der Waals surface area contributed by atoms with E-state index < -0.39 is 0 Å². The Bertz CT molecular complexity index is 752. The van der Waals surface area contributed by atoms with E-state index in [0.717, 1.165) is 37.7 Å². The maximum absolute atomic E-state index is 13.1. The fourth-order valence-electron chi connectivity index (χ4n) is 3.87. The molecular formula is C22H29ClN2O4. The predicted molar refractivity (Wildman–Crippen MR) is 112 cm³/mol. The van der Waals surface area contributed by atoms with E-state index in [2.05, 4.69) is 5.32 Å². The van der Waals surface area contributed by atoms with E-state index in [0.29, 0.717) is 24.8 Å². The number of nitrogens with one attached hydrogen (secondary N) is 1. The van der Waals surface area contributed by atoms with Gasteiger partial charge in [-0.25, -0.2) is 0 Å². The molecule has 1 saturated carbocycles. The smallest absolute Gasteiger partial charge is 0.289 e. The van der Waals surface area contributed by atoms with Crippen LogP contribution in [0.25, 0.3) is 6.08 Å².